The molecular formula is C13H13BrN2S. The Morgan fingerprint density at radius 2 is 2.35 bits per heavy atom. The number of rotatable bonds is 2. The normalized spacial score (nSPS) is 14.5. The number of fused-ring (bicyclic) bond motifs is 3. The Kier molecular flexibility index (Phi) is 2.81. The number of hydrogen-bond donors (Lipinski definition) is 1. The lowest BCUT2D eigenvalue weighted by Gasteiger charge is -2.03. The predicted molar refractivity (Wildman–Crippen MR) is 75.4 cm³/mol. The second-order valence-corrected chi connectivity index (χ2v) is 6.53. The molecule has 0 spiro atoms. The molecule has 0 fully saturated rings. The van der Waals surface area contributed by atoms with E-state index >= 15 is 0 Å². The van der Waals surface area contributed by atoms with Crippen LogP contribution in [0.5, 0.6) is 0 Å². The van der Waals surface area contributed by atoms with Crippen molar-refractivity contribution in [2.24, 2.45) is 5.73 Å². The summed E-state index contributed by atoms with van der Waals surface area (Å²) >= 11 is 5.41. The van der Waals surface area contributed by atoms with Gasteiger partial charge in [0, 0.05) is 33.8 Å². The van der Waals surface area contributed by atoms with Gasteiger partial charge >= 0.3 is 0 Å². The van der Waals surface area contributed by atoms with Gasteiger partial charge in [0.1, 0.15) is 0 Å². The third kappa shape index (κ3) is 1.94. The van der Waals surface area contributed by atoms with Gasteiger partial charge in [-0.1, -0.05) is 28.1 Å². The Bertz CT molecular complexity index is 575. The fourth-order valence-corrected chi connectivity index (χ4v) is 3.96. The number of aromatic nitrogens is 1. The van der Waals surface area contributed by atoms with Crippen LogP contribution in [0.4, 0.5) is 0 Å². The zero-order valence-electron chi connectivity index (χ0n) is 9.53. The fraction of sp³-hybridized carbons (Fsp3) is 0.308. The number of hydrogen-bond acceptors (Lipinski definition) is 3. The highest BCUT2D eigenvalue weighted by Gasteiger charge is 2.24. The molecular weight excluding hydrogens is 296 g/mol. The molecule has 0 saturated carbocycles. The van der Waals surface area contributed by atoms with Crippen molar-refractivity contribution in [1.29, 1.82) is 0 Å². The van der Waals surface area contributed by atoms with Gasteiger partial charge in [-0.3, -0.25) is 0 Å². The summed E-state index contributed by atoms with van der Waals surface area (Å²) in [6.07, 6.45) is 1.88. The second kappa shape index (κ2) is 4.19. The molecule has 0 radical (unpaired) electrons. The molecule has 0 bridgehead atoms. The summed E-state index contributed by atoms with van der Waals surface area (Å²) in [5, 5.41) is 1.16. The number of thiazole rings is 1. The minimum atomic E-state index is 0.184. The van der Waals surface area contributed by atoms with Gasteiger partial charge in [-0.2, -0.15) is 0 Å². The summed E-state index contributed by atoms with van der Waals surface area (Å²) in [5.41, 5.74) is 9.64. The summed E-state index contributed by atoms with van der Waals surface area (Å²) in [4.78, 5) is 6.11. The van der Waals surface area contributed by atoms with Gasteiger partial charge < -0.3 is 5.73 Å². The second-order valence-electron chi connectivity index (χ2n) is 4.50. The Morgan fingerprint density at radius 3 is 3.12 bits per heavy atom. The molecule has 4 heteroatoms. The average Bonchev–Trinajstić information content (AvgIpc) is 2.75. The minimum Gasteiger partial charge on any atom is -0.328 e. The van der Waals surface area contributed by atoms with Crippen LogP contribution in [-0.2, 0) is 12.8 Å². The third-order valence-electron chi connectivity index (χ3n) is 2.95. The molecule has 3 rings (SSSR count). The Hall–Kier alpha value is -0.710. The molecule has 1 aliphatic carbocycles. The highest BCUT2D eigenvalue weighted by molar-refractivity contribution is 9.10. The van der Waals surface area contributed by atoms with Gasteiger partial charge in [0.2, 0.25) is 0 Å². The Morgan fingerprint density at radius 1 is 1.53 bits per heavy atom. The lowest BCUT2D eigenvalue weighted by atomic mass is 10.1. The molecule has 1 aromatic carbocycles. The Balaban J connectivity index is 2.04. The number of nitrogens with two attached hydrogens (primary N) is 1. The van der Waals surface area contributed by atoms with Crippen molar-refractivity contribution in [1.82, 2.24) is 4.98 Å². The molecule has 1 atom stereocenters. The zero-order valence-corrected chi connectivity index (χ0v) is 11.9. The SMILES string of the molecule is CC(N)Cc1nc2c(s1)Cc1c(Br)cccc1-2. The Labute approximate surface area is 113 Å². The molecule has 1 aromatic heterocycles. The van der Waals surface area contributed by atoms with E-state index in [9.17, 15) is 0 Å². The van der Waals surface area contributed by atoms with Crippen LogP contribution in [0.2, 0.25) is 0 Å². The van der Waals surface area contributed by atoms with Crippen molar-refractivity contribution >= 4 is 27.3 Å². The lowest BCUT2D eigenvalue weighted by Crippen LogP contribution is -2.17. The van der Waals surface area contributed by atoms with Gasteiger partial charge in [-0.05, 0) is 18.6 Å². The van der Waals surface area contributed by atoms with Crippen molar-refractivity contribution in [3.8, 4) is 11.3 Å². The van der Waals surface area contributed by atoms with Crippen molar-refractivity contribution in [2.75, 3.05) is 0 Å². The van der Waals surface area contributed by atoms with Crippen LogP contribution in [-0.4, -0.2) is 11.0 Å². The first kappa shape index (κ1) is 11.4. The van der Waals surface area contributed by atoms with E-state index in [1.165, 1.54) is 26.2 Å². The summed E-state index contributed by atoms with van der Waals surface area (Å²) in [6, 6.07) is 6.51. The van der Waals surface area contributed by atoms with Crippen LogP contribution >= 0.6 is 27.3 Å². The topological polar surface area (TPSA) is 38.9 Å². The van der Waals surface area contributed by atoms with Crippen LogP contribution in [0.1, 0.15) is 22.4 Å². The molecule has 2 aromatic rings. The van der Waals surface area contributed by atoms with Crippen molar-refractivity contribution in [3.05, 3.63) is 38.1 Å². The van der Waals surface area contributed by atoms with Gasteiger partial charge in [-0.25, -0.2) is 4.98 Å². The molecule has 1 unspecified atom stereocenters. The lowest BCUT2D eigenvalue weighted by molar-refractivity contribution is 0.734. The number of nitrogens with zero attached hydrogens (tertiary/aromatic N) is 1. The standard InChI is InChI=1S/C13H13BrN2S/c1-7(15)5-12-16-13-8-3-2-4-10(14)9(8)6-11(13)17-12/h2-4,7H,5-6,15H2,1H3. The fourth-order valence-electron chi connectivity index (χ4n) is 2.21. The summed E-state index contributed by atoms with van der Waals surface area (Å²) in [5.74, 6) is 0. The third-order valence-corrected chi connectivity index (χ3v) is 4.77. The molecule has 0 aliphatic heterocycles. The van der Waals surface area contributed by atoms with E-state index in [0.717, 1.165) is 17.8 Å². The highest BCUT2D eigenvalue weighted by Crippen LogP contribution is 2.42. The maximum atomic E-state index is 5.82. The highest BCUT2D eigenvalue weighted by atomic mass is 79.9. The van der Waals surface area contributed by atoms with Crippen LogP contribution in [0, 0.1) is 0 Å². The zero-order chi connectivity index (χ0) is 12.0. The smallest absolute Gasteiger partial charge is 0.0950 e. The van der Waals surface area contributed by atoms with Gasteiger partial charge in [0.25, 0.3) is 0 Å². The molecule has 88 valence electrons. The summed E-state index contributed by atoms with van der Waals surface area (Å²) in [6.45, 7) is 2.02. The largest absolute Gasteiger partial charge is 0.328 e. The summed E-state index contributed by atoms with van der Waals surface area (Å²) in [7, 11) is 0. The van der Waals surface area contributed by atoms with Crippen LogP contribution < -0.4 is 5.73 Å². The van der Waals surface area contributed by atoms with Crippen LogP contribution in [0.25, 0.3) is 11.3 Å². The number of benzene rings is 1. The molecule has 1 aliphatic rings. The van der Waals surface area contributed by atoms with Crippen molar-refractivity contribution in [3.63, 3.8) is 0 Å². The maximum Gasteiger partial charge on any atom is 0.0950 e. The molecule has 17 heavy (non-hydrogen) atoms. The van der Waals surface area contributed by atoms with Crippen LogP contribution in [0.3, 0.4) is 0 Å². The van der Waals surface area contributed by atoms with E-state index in [4.69, 9.17) is 10.7 Å². The van der Waals surface area contributed by atoms with Gasteiger partial charge in [0.15, 0.2) is 0 Å². The molecule has 2 nitrogen and oxygen atoms in total. The monoisotopic (exact) mass is 308 g/mol. The van der Waals surface area contributed by atoms with Gasteiger partial charge in [0.05, 0.1) is 10.7 Å². The van der Waals surface area contributed by atoms with Crippen molar-refractivity contribution in [2.45, 2.75) is 25.8 Å². The molecule has 0 saturated heterocycles. The molecule has 2 N–H and O–H groups in total. The van der Waals surface area contributed by atoms with Gasteiger partial charge in [-0.15, -0.1) is 11.3 Å². The van der Waals surface area contributed by atoms with E-state index in [0.29, 0.717) is 0 Å². The molecule has 1 heterocycles. The first-order valence-corrected chi connectivity index (χ1v) is 7.28. The quantitative estimate of drug-likeness (QED) is 0.788. The van der Waals surface area contributed by atoms with E-state index in [1.807, 2.05) is 6.92 Å². The van der Waals surface area contributed by atoms with E-state index in [1.54, 1.807) is 11.3 Å². The minimum absolute atomic E-state index is 0.184. The molecule has 0 amide bonds. The maximum absolute atomic E-state index is 5.82. The predicted octanol–water partition coefficient (Wildman–Crippen LogP) is 3.37. The van der Waals surface area contributed by atoms with E-state index in [2.05, 4.69) is 34.1 Å². The van der Waals surface area contributed by atoms with E-state index < -0.39 is 0 Å². The average molecular weight is 309 g/mol. The first-order chi connectivity index (χ1) is 8.15. The first-order valence-electron chi connectivity index (χ1n) is 5.67. The van der Waals surface area contributed by atoms with Crippen molar-refractivity contribution < 1.29 is 0 Å². The van der Waals surface area contributed by atoms with E-state index in [-0.39, 0.29) is 6.04 Å². The summed E-state index contributed by atoms with van der Waals surface area (Å²) < 4.78 is 1.19. The number of halogens is 1. The van der Waals surface area contributed by atoms with Crippen LogP contribution in [0.15, 0.2) is 22.7 Å².